The van der Waals surface area contributed by atoms with E-state index >= 15 is 0 Å². The van der Waals surface area contributed by atoms with Gasteiger partial charge in [-0.3, -0.25) is 0 Å². The molecule has 2 aromatic rings. The Hall–Kier alpha value is -1.81. The molecule has 1 saturated carbocycles. The minimum atomic E-state index is 0.114. The number of benzene rings is 1. The van der Waals surface area contributed by atoms with E-state index < -0.39 is 0 Å². The maximum absolute atomic E-state index is 9.60. The van der Waals surface area contributed by atoms with Gasteiger partial charge in [-0.05, 0) is 49.9 Å². The first kappa shape index (κ1) is 17.6. The molecule has 0 saturated heterocycles. The van der Waals surface area contributed by atoms with Crippen LogP contribution in [-0.4, -0.2) is 16.1 Å². The number of nitrogens with zero attached hydrogens (tertiary/aromatic N) is 2. The largest absolute Gasteiger partial charge is 0.508 e. The molecule has 4 rings (SSSR count). The fraction of sp³-hybridized carbons (Fsp3) is 0.500. The van der Waals surface area contributed by atoms with E-state index in [9.17, 15) is 5.11 Å². The van der Waals surface area contributed by atoms with Gasteiger partial charge in [0.25, 0.3) is 0 Å². The molecule has 2 aliphatic carbocycles. The fourth-order valence-electron chi connectivity index (χ4n) is 3.81. The molecular weight excluding hydrogens is 340 g/mol. The minimum absolute atomic E-state index is 0.114. The lowest BCUT2D eigenvalue weighted by Crippen LogP contribution is -2.32. The van der Waals surface area contributed by atoms with Crippen LogP contribution in [0.3, 0.4) is 0 Å². The third kappa shape index (κ3) is 2.94. The van der Waals surface area contributed by atoms with Crippen molar-refractivity contribution in [2.75, 3.05) is 4.90 Å². The number of aliphatic hydroxyl groups is 1. The number of fused-ring (bicyclic) bond motifs is 1. The number of thiazole rings is 1. The molecule has 1 aromatic heterocycles. The zero-order valence-corrected chi connectivity index (χ0v) is 17.0. The van der Waals surface area contributed by atoms with Crippen molar-refractivity contribution in [1.82, 2.24) is 4.98 Å². The number of aromatic nitrogens is 1. The number of hydrogen-bond acceptors (Lipinski definition) is 4. The van der Waals surface area contributed by atoms with Crippen molar-refractivity contribution in [3.8, 4) is 0 Å². The maximum atomic E-state index is 9.60. The Morgan fingerprint density at radius 2 is 1.73 bits per heavy atom. The standard InChI is InChI=1S/C22H28N2OS/c1-14(25)15-6-8-16(9-7-15)24(17-10-11-17)20-23-18-19(26-20)22(4,5)13-12-21(18,2)3/h6-9,17,25H,1,10-13H2,2-5H3. The van der Waals surface area contributed by atoms with Crippen LogP contribution in [0.15, 0.2) is 30.8 Å². The second kappa shape index (κ2) is 5.85. The molecule has 26 heavy (non-hydrogen) atoms. The molecule has 1 N–H and O–H groups in total. The zero-order valence-electron chi connectivity index (χ0n) is 16.2. The summed E-state index contributed by atoms with van der Waals surface area (Å²) >= 11 is 1.87. The van der Waals surface area contributed by atoms with Crippen LogP contribution in [0.4, 0.5) is 10.8 Å². The average Bonchev–Trinajstić information content (AvgIpc) is 3.29. The molecule has 0 amide bonds. The minimum Gasteiger partial charge on any atom is -0.508 e. The molecule has 1 aromatic carbocycles. The molecule has 0 bridgehead atoms. The second-order valence-electron chi connectivity index (χ2n) is 9.04. The lowest BCUT2D eigenvalue weighted by Gasteiger charge is -2.37. The first-order valence-electron chi connectivity index (χ1n) is 9.48. The monoisotopic (exact) mass is 368 g/mol. The normalized spacial score (nSPS) is 20.5. The summed E-state index contributed by atoms with van der Waals surface area (Å²) < 4.78 is 0. The van der Waals surface area contributed by atoms with Crippen LogP contribution in [0, 0.1) is 0 Å². The van der Waals surface area contributed by atoms with E-state index in [4.69, 9.17) is 4.98 Å². The maximum Gasteiger partial charge on any atom is 0.190 e. The number of rotatable bonds is 4. The number of anilines is 2. The summed E-state index contributed by atoms with van der Waals surface area (Å²) in [5, 5.41) is 10.7. The van der Waals surface area contributed by atoms with Crippen molar-refractivity contribution in [2.45, 2.75) is 70.3 Å². The lowest BCUT2D eigenvalue weighted by atomic mass is 9.69. The van der Waals surface area contributed by atoms with Crippen molar-refractivity contribution in [3.63, 3.8) is 0 Å². The van der Waals surface area contributed by atoms with Crippen LogP contribution in [-0.2, 0) is 10.8 Å². The Morgan fingerprint density at radius 1 is 1.12 bits per heavy atom. The van der Waals surface area contributed by atoms with Crippen molar-refractivity contribution in [3.05, 3.63) is 47.0 Å². The van der Waals surface area contributed by atoms with Gasteiger partial charge in [0.05, 0.1) is 5.69 Å². The topological polar surface area (TPSA) is 36.4 Å². The molecule has 2 aliphatic rings. The molecule has 0 atom stereocenters. The average molecular weight is 369 g/mol. The zero-order chi connectivity index (χ0) is 18.7. The van der Waals surface area contributed by atoms with Crippen LogP contribution in [0.2, 0.25) is 0 Å². The molecule has 3 nitrogen and oxygen atoms in total. The van der Waals surface area contributed by atoms with Gasteiger partial charge in [-0.2, -0.15) is 0 Å². The Kier molecular flexibility index (Phi) is 3.96. The Labute approximate surface area is 160 Å². The third-order valence-corrected chi connectivity index (χ3v) is 7.26. The summed E-state index contributed by atoms with van der Waals surface area (Å²) in [5.41, 5.74) is 3.56. The number of hydrogen-bond donors (Lipinski definition) is 1. The lowest BCUT2D eigenvalue weighted by molar-refractivity contribution is 0.331. The van der Waals surface area contributed by atoms with E-state index in [0.717, 1.165) is 16.4 Å². The quantitative estimate of drug-likeness (QED) is 0.641. The highest BCUT2D eigenvalue weighted by Gasteiger charge is 2.42. The summed E-state index contributed by atoms with van der Waals surface area (Å²) in [6.07, 6.45) is 4.83. The van der Waals surface area contributed by atoms with Gasteiger partial charge in [0, 0.05) is 33.0 Å². The molecule has 0 aliphatic heterocycles. The van der Waals surface area contributed by atoms with Crippen molar-refractivity contribution < 1.29 is 5.11 Å². The first-order valence-corrected chi connectivity index (χ1v) is 10.3. The van der Waals surface area contributed by atoms with Gasteiger partial charge in [-0.1, -0.05) is 34.3 Å². The first-order chi connectivity index (χ1) is 12.2. The van der Waals surface area contributed by atoms with E-state index in [1.165, 1.54) is 36.3 Å². The van der Waals surface area contributed by atoms with Crippen molar-refractivity contribution in [2.24, 2.45) is 0 Å². The molecular formula is C22H28N2OS. The summed E-state index contributed by atoms with van der Waals surface area (Å²) in [6.45, 7) is 13.0. The molecule has 1 heterocycles. The van der Waals surface area contributed by atoms with E-state index in [1.54, 1.807) is 0 Å². The van der Waals surface area contributed by atoms with E-state index in [2.05, 4.69) is 51.3 Å². The SMILES string of the molecule is C=C(O)c1ccc(N(c2nc3c(s2)C(C)(C)CCC3(C)C)C2CC2)cc1. The summed E-state index contributed by atoms with van der Waals surface area (Å²) in [6, 6.07) is 8.57. The van der Waals surface area contributed by atoms with Crippen molar-refractivity contribution >= 4 is 27.9 Å². The Bertz CT molecular complexity index is 810. The predicted octanol–water partition coefficient (Wildman–Crippen LogP) is 6.32. The molecule has 1 fully saturated rings. The van der Waals surface area contributed by atoms with Gasteiger partial charge >= 0.3 is 0 Å². The number of aliphatic hydroxyl groups excluding tert-OH is 1. The molecule has 0 spiro atoms. The summed E-state index contributed by atoms with van der Waals surface area (Å²) in [5.74, 6) is 0.114. The van der Waals surface area contributed by atoms with Crippen LogP contribution in [0.1, 0.15) is 69.5 Å². The van der Waals surface area contributed by atoms with Gasteiger partial charge < -0.3 is 10.0 Å². The molecule has 4 heteroatoms. The summed E-state index contributed by atoms with van der Waals surface area (Å²) in [7, 11) is 0. The highest BCUT2D eigenvalue weighted by molar-refractivity contribution is 7.16. The van der Waals surface area contributed by atoms with Crippen LogP contribution in [0.25, 0.3) is 5.76 Å². The highest BCUT2D eigenvalue weighted by Crippen LogP contribution is 2.51. The second-order valence-corrected chi connectivity index (χ2v) is 10.0. The van der Waals surface area contributed by atoms with Crippen molar-refractivity contribution in [1.29, 1.82) is 0 Å². The van der Waals surface area contributed by atoms with Gasteiger partial charge in [0.15, 0.2) is 5.13 Å². The third-order valence-electron chi connectivity index (χ3n) is 5.84. The van der Waals surface area contributed by atoms with Gasteiger partial charge in [0.2, 0.25) is 0 Å². The highest BCUT2D eigenvalue weighted by atomic mass is 32.1. The molecule has 138 valence electrons. The van der Waals surface area contributed by atoms with Crippen LogP contribution in [0.5, 0.6) is 0 Å². The van der Waals surface area contributed by atoms with Gasteiger partial charge in [-0.15, -0.1) is 11.3 Å². The van der Waals surface area contributed by atoms with E-state index in [-0.39, 0.29) is 16.6 Å². The fourth-order valence-corrected chi connectivity index (χ4v) is 5.28. The Morgan fingerprint density at radius 3 is 2.27 bits per heavy atom. The van der Waals surface area contributed by atoms with Crippen LogP contribution < -0.4 is 4.90 Å². The summed E-state index contributed by atoms with van der Waals surface area (Å²) in [4.78, 5) is 9.03. The molecule has 0 radical (unpaired) electrons. The van der Waals surface area contributed by atoms with E-state index in [1.807, 2.05) is 23.5 Å². The molecule has 0 unspecified atom stereocenters. The van der Waals surface area contributed by atoms with Gasteiger partial charge in [-0.25, -0.2) is 4.98 Å². The Balaban J connectivity index is 1.77. The predicted molar refractivity (Wildman–Crippen MR) is 111 cm³/mol. The van der Waals surface area contributed by atoms with Gasteiger partial charge in [0.1, 0.15) is 5.76 Å². The smallest absolute Gasteiger partial charge is 0.190 e. The van der Waals surface area contributed by atoms with Crippen LogP contribution >= 0.6 is 11.3 Å². The van der Waals surface area contributed by atoms with E-state index in [0.29, 0.717) is 6.04 Å².